The van der Waals surface area contributed by atoms with Gasteiger partial charge in [-0.05, 0) is 44.9 Å². The Balaban J connectivity index is 2.12. The molecule has 2 nitrogen and oxygen atoms in total. The van der Waals surface area contributed by atoms with Crippen molar-refractivity contribution in [1.82, 2.24) is 4.90 Å². The van der Waals surface area contributed by atoms with E-state index in [9.17, 15) is 4.79 Å². The fraction of sp³-hybridized carbons (Fsp3) is 0.227. The maximum atomic E-state index is 12.0. The van der Waals surface area contributed by atoms with Gasteiger partial charge in [0.15, 0.2) is 0 Å². The van der Waals surface area contributed by atoms with Crippen molar-refractivity contribution in [3.8, 4) is 0 Å². The third-order valence-corrected chi connectivity index (χ3v) is 7.37. The molecule has 0 saturated heterocycles. The van der Waals surface area contributed by atoms with Crippen molar-refractivity contribution in [2.75, 3.05) is 14.1 Å². The molecule has 0 aromatic heterocycles. The van der Waals surface area contributed by atoms with Gasteiger partial charge in [-0.2, -0.15) is 0 Å². The van der Waals surface area contributed by atoms with Crippen LogP contribution in [-0.2, 0) is 4.79 Å². The van der Waals surface area contributed by atoms with Crippen LogP contribution in [0.15, 0.2) is 83.7 Å². The van der Waals surface area contributed by atoms with Gasteiger partial charge in [-0.3, -0.25) is 4.79 Å². The molecule has 0 fully saturated rings. The number of rotatable bonds is 6. The van der Waals surface area contributed by atoms with Gasteiger partial charge in [0.2, 0.25) is 0 Å². The molecule has 0 heterocycles. The van der Waals surface area contributed by atoms with E-state index in [1.807, 2.05) is 12.1 Å². The highest BCUT2D eigenvalue weighted by atomic mass is 31.1. The first-order valence-corrected chi connectivity index (χ1v) is 9.92. The lowest BCUT2D eigenvalue weighted by Crippen LogP contribution is -2.32. The Morgan fingerprint density at radius 2 is 1.48 bits per heavy atom. The van der Waals surface area contributed by atoms with Gasteiger partial charge >= 0.3 is 0 Å². The van der Waals surface area contributed by atoms with Crippen LogP contribution in [0.3, 0.4) is 0 Å². The fourth-order valence-electron chi connectivity index (χ4n) is 3.23. The maximum Gasteiger partial charge on any atom is 0.147 e. The van der Waals surface area contributed by atoms with Gasteiger partial charge in [0.05, 0.1) is 0 Å². The molecular weight excluding hydrogens is 325 g/mol. The van der Waals surface area contributed by atoms with E-state index < -0.39 is 7.92 Å². The third-order valence-electron chi connectivity index (χ3n) is 4.85. The lowest BCUT2D eigenvalue weighted by Gasteiger charge is -2.27. The standard InChI is InChI=1S/C22H24NOP/c1-17(23(2)3)20-14-15-22(21(20)16-24)25(18-10-6-4-7-11-18)19-12-8-5-9-13-19/h4-17,20H,1-3H3/t17-,20?/m1/s1. The van der Waals surface area contributed by atoms with Crippen molar-refractivity contribution in [2.45, 2.75) is 13.0 Å². The van der Waals surface area contributed by atoms with E-state index in [0.717, 1.165) is 11.9 Å². The van der Waals surface area contributed by atoms with Gasteiger partial charge in [-0.25, -0.2) is 0 Å². The summed E-state index contributed by atoms with van der Waals surface area (Å²) in [6.45, 7) is 2.18. The van der Waals surface area contributed by atoms with Crippen molar-refractivity contribution in [3.63, 3.8) is 0 Å². The zero-order valence-electron chi connectivity index (χ0n) is 15.0. The number of carbonyl (C=O) groups excluding carboxylic acids is 1. The third kappa shape index (κ3) is 3.66. The smallest absolute Gasteiger partial charge is 0.147 e. The average molecular weight is 349 g/mol. The zero-order valence-corrected chi connectivity index (χ0v) is 15.9. The number of nitrogens with zero attached hydrogens (tertiary/aromatic N) is 1. The molecule has 2 aromatic rings. The van der Waals surface area contributed by atoms with Crippen molar-refractivity contribution < 1.29 is 4.79 Å². The lowest BCUT2D eigenvalue weighted by molar-refractivity contribution is -0.105. The summed E-state index contributed by atoms with van der Waals surface area (Å²) in [6, 6.07) is 21.4. The molecular formula is C22H24NOP. The van der Waals surface area contributed by atoms with Gasteiger partial charge < -0.3 is 4.90 Å². The van der Waals surface area contributed by atoms with Crippen molar-refractivity contribution in [3.05, 3.63) is 83.7 Å². The summed E-state index contributed by atoms with van der Waals surface area (Å²) in [4.78, 5) is 14.2. The molecule has 128 valence electrons. The van der Waals surface area contributed by atoms with E-state index in [1.165, 1.54) is 15.9 Å². The highest BCUT2D eigenvalue weighted by Gasteiger charge is 2.31. The summed E-state index contributed by atoms with van der Waals surface area (Å²) in [5, 5.41) is 3.74. The minimum absolute atomic E-state index is 0.153. The van der Waals surface area contributed by atoms with Crippen LogP contribution < -0.4 is 10.6 Å². The van der Waals surface area contributed by atoms with Crippen LogP contribution >= 0.6 is 7.92 Å². The molecule has 0 saturated carbocycles. The van der Waals surface area contributed by atoms with E-state index in [4.69, 9.17) is 0 Å². The molecule has 25 heavy (non-hydrogen) atoms. The van der Waals surface area contributed by atoms with E-state index in [1.54, 1.807) is 0 Å². The van der Waals surface area contributed by atoms with Crippen LogP contribution in [0.1, 0.15) is 6.92 Å². The van der Waals surface area contributed by atoms with E-state index in [2.05, 4.69) is 86.6 Å². The van der Waals surface area contributed by atoms with Crippen LogP contribution in [0, 0.1) is 5.92 Å². The molecule has 1 aliphatic rings. The first-order valence-electron chi connectivity index (χ1n) is 8.57. The molecule has 3 rings (SSSR count). The second-order valence-corrected chi connectivity index (χ2v) is 8.74. The normalized spacial score (nSPS) is 18.2. The molecule has 0 bridgehead atoms. The summed E-state index contributed by atoms with van der Waals surface area (Å²) < 4.78 is 0. The molecule has 1 unspecified atom stereocenters. The minimum Gasteiger partial charge on any atom is -0.306 e. The molecule has 2 aromatic carbocycles. The predicted octanol–water partition coefficient (Wildman–Crippen LogP) is 3.71. The Kier molecular flexibility index (Phi) is 5.63. The van der Waals surface area contributed by atoms with Gasteiger partial charge in [0, 0.05) is 17.5 Å². The summed E-state index contributed by atoms with van der Waals surface area (Å²) in [5.41, 5.74) is 0.931. The Morgan fingerprint density at radius 3 is 1.92 bits per heavy atom. The van der Waals surface area contributed by atoms with Crippen LogP contribution in [0.25, 0.3) is 0 Å². The van der Waals surface area contributed by atoms with Gasteiger partial charge in [-0.1, -0.05) is 72.8 Å². The van der Waals surface area contributed by atoms with Crippen molar-refractivity contribution >= 4 is 24.8 Å². The SMILES string of the molecule is C[C@H](C1C=CC(P(c2ccccc2)c2ccccc2)=C1C=O)N(C)C. The van der Waals surface area contributed by atoms with Crippen LogP contribution in [0.5, 0.6) is 0 Å². The number of hydrogen-bond acceptors (Lipinski definition) is 2. The Morgan fingerprint density at radius 1 is 0.960 bits per heavy atom. The Hall–Kier alpha value is -2.02. The quantitative estimate of drug-likeness (QED) is 0.585. The number of aldehydes is 1. The van der Waals surface area contributed by atoms with Gasteiger partial charge in [-0.15, -0.1) is 0 Å². The number of carbonyl (C=O) groups is 1. The topological polar surface area (TPSA) is 20.3 Å². The summed E-state index contributed by atoms with van der Waals surface area (Å²) in [6.07, 6.45) is 5.45. The summed E-state index contributed by atoms with van der Waals surface area (Å²) >= 11 is 0. The molecule has 3 heteroatoms. The Bertz CT molecular complexity index is 741. The fourth-order valence-corrected chi connectivity index (χ4v) is 5.72. The minimum atomic E-state index is -0.725. The predicted molar refractivity (Wildman–Crippen MR) is 108 cm³/mol. The van der Waals surface area contributed by atoms with Crippen LogP contribution in [-0.4, -0.2) is 31.3 Å². The van der Waals surface area contributed by atoms with Gasteiger partial charge in [0.25, 0.3) is 0 Å². The zero-order chi connectivity index (χ0) is 17.8. The van der Waals surface area contributed by atoms with Crippen LogP contribution in [0.4, 0.5) is 0 Å². The van der Waals surface area contributed by atoms with Crippen molar-refractivity contribution in [2.24, 2.45) is 5.92 Å². The second-order valence-electron chi connectivity index (χ2n) is 6.55. The van der Waals surface area contributed by atoms with Crippen molar-refractivity contribution in [1.29, 1.82) is 0 Å². The van der Waals surface area contributed by atoms with E-state index >= 15 is 0 Å². The molecule has 0 radical (unpaired) electrons. The van der Waals surface area contributed by atoms with Gasteiger partial charge in [0.1, 0.15) is 6.29 Å². The first-order chi connectivity index (χ1) is 12.1. The highest BCUT2D eigenvalue weighted by molar-refractivity contribution is 7.77. The Labute approximate surface area is 151 Å². The maximum absolute atomic E-state index is 12.0. The number of allylic oxidation sites excluding steroid dienone is 2. The number of benzene rings is 2. The summed E-state index contributed by atoms with van der Waals surface area (Å²) in [7, 11) is 3.41. The largest absolute Gasteiger partial charge is 0.306 e. The molecule has 1 aliphatic carbocycles. The average Bonchev–Trinajstić information content (AvgIpc) is 3.06. The number of hydrogen-bond donors (Lipinski definition) is 0. The summed E-state index contributed by atoms with van der Waals surface area (Å²) in [5.74, 6) is 0.153. The van der Waals surface area contributed by atoms with E-state index in [0.29, 0.717) is 0 Å². The molecule has 0 aliphatic heterocycles. The molecule has 0 amide bonds. The van der Waals surface area contributed by atoms with E-state index in [-0.39, 0.29) is 12.0 Å². The highest BCUT2D eigenvalue weighted by Crippen LogP contribution is 2.49. The molecule has 0 N–H and O–H groups in total. The molecule has 0 spiro atoms. The molecule has 2 atom stereocenters. The van der Waals surface area contributed by atoms with Crippen LogP contribution in [0.2, 0.25) is 0 Å². The monoisotopic (exact) mass is 349 g/mol. The lowest BCUT2D eigenvalue weighted by atomic mass is 9.95. The first kappa shape index (κ1) is 17.8. The second kappa shape index (κ2) is 7.91.